The summed E-state index contributed by atoms with van der Waals surface area (Å²) in [7, 11) is 3.18. The number of carboxylic acid groups (broad SMARTS) is 1. The molecule has 1 N–H and O–H groups in total. The number of rotatable bonds is 4. The molecule has 17 heavy (non-hydrogen) atoms. The third kappa shape index (κ3) is 2.20. The summed E-state index contributed by atoms with van der Waals surface area (Å²) in [5, 5.41) is 9.06. The molecular weight excluding hydrogens is 220 g/mol. The molecule has 1 aliphatic carbocycles. The lowest BCUT2D eigenvalue weighted by Gasteiger charge is -2.34. The van der Waals surface area contributed by atoms with Crippen LogP contribution in [-0.4, -0.2) is 25.3 Å². The number of aliphatic carboxylic acids is 1. The molecule has 1 aromatic rings. The highest BCUT2D eigenvalue weighted by Gasteiger charge is 2.37. The van der Waals surface area contributed by atoms with E-state index in [1.807, 2.05) is 12.1 Å². The molecule has 1 aromatic carbocycles. The first-order valence-electron chi connectivity index (χ1n) is 5.61. The van der Waals surface area contributed by atoms with Crippen molar-refractivity contribution in [1.82, 2.24) is 0 Å². The van der Waals surface area contributed by atoms with E-state index >= 15 is 0 Å². The van der Waals surface area contributed by atoms with Crippen LogP contribution in [0.4, 0.5) is 0 Å². The minimum Gasteiger partial charge on any atom is -0.497 e. The lowest BCUT2D eigenvalue weighted by molar-refractivity contribution is -0.145. The van der Waals surface area contributed by atoms with Crippen molar-refractivity contribution in [2.75, 3.05) is 14.2 Å². The summed E-state index contributed by atoms with van der Waals surface area (Å²) in [4.78, 5) is 11.0. The van der Waals surface area contributed by atoms with Crippen LogP contribution in [0.5, 0.6) is 11.5 Å². The molecule has 1 fully saturated rings. The van der Waals surface area contributed by atoms with Crippen LogP contribution >= 0.6 is 0 Å². The van der Waals surface area contributed by atoms with Gasteiger partial charge in [0.2, 0.25) is 0 Å². The Kier molecular flexibility index (Phi) is 3.22. The third-order valence-corrected chi connectivity index (χ3v) is 3.39. The molecule has 0 amide bonds. The smallest absolute Gasteiger partial charge is 0.307 e. The van der Waals surface area contributed by atoms with Gasteiger partial charge in [-0.2, -0.15) is 0 Å². The highest BCUT2D eigenvalue weighted by Crippen LogP contribution is 2.44. The number of ether oxygens (including phenoxy) is 2. The Bertz CT molecular complexity index is 405. The molecule has 4 nitrogen and oxygen atoms in total. The molecule has 92 valence electrons. The highest BCUT2D eigenvalue weighted by atomic mass is 16.5. The number of methoxy groups -OCH3 is 2. The fraction of sp³-hybridized carbons (Fsp3) is 0.462. The van der Waals surface area contributed by atoms with Gasteiger partial charge in [-0.25, -0.2) is 0 Å². The minimum atomic E-state index is -0.719. The normalized spacial score (nSPS) is 22.7. The van der Waals surface area contributed by atoms with Crippen LogP contribution in [0.25, 0.3) is 0 Å². The van der Waals surface area contributed by atoms with Crippen LogP contribution in [0, 0.1) is 5.92 Å². The number of carboxylic acids is 1. The zero-order valence-corrected chi connectivity index (χ0v) is 9.97. The number of hydrogen-bond donors (Lipinski definition) is 1. The van der Waals surface area contributed by atoms with Gasteiger partial charge in [-0.05, 0) is 36.5 Å². The maximum atomic E-state index is 11.0. The van der Waals surface area contributed by atoms with Crippen molar-refractivity contribution in [1.29, 1.82) is 0 Å². The van der Waals surface area contributed by atoms with E-state index < -0.39 is 5.97 Å². The Morgan fingerprint density at radius 1 is 1.18 bits per heavy atom. The van der Waals surface area contributed by atoms with Crippen LogP contribution in [0.2, 0.25) is 0 Å². The van der Waals surface area contributed by atoms with Gasteiger partial charge >= 0.3 is 5.97 Å². The van der Waals surface area contributed by atoms with Crippen molar-refractivity contribution in [3.05, 3.63) is 23.8 Å². The lowest BCUT2D eigenvalue weighted by Crippen LogP contribution is -2.30. The zero-order valence-electron chi connectivity index (χ0n) is 9.97. The van der Waals surface area contributed by atoms with Crippen molar-refractivity contribution in [2.24, 2.45) is 5.92 Å². The van der Waals surface area contributed by atoms with E-state index in [0.29, 0.717) is 11.5 Å². The second-order valence-electron chi connectivity index (χ2n) is 4.27. The molecule has 0 heterocycles. The van der Waals surface area contributed by atoms with Gasteiger partial charge < -0.3 is 14.6 Å². The maximum Gasteiger partial charge on any atom is 0.307 e. The molecule has 2 unspecified atom stereocenters. The van der Waals surface area contributed by atoms with Crippen LogP contribution in [-0.2, 0) is 4.79 Å². The lowest BCUT2D eigenvalue weighted by atomic mass is 9.70. The van der Waals surface area contributed by atoms with Crippen molar-refractivity contribution in [2.45, 2.75) is 18.8 Å². The average molecular weight is 236 g/mol. The zero-order chi connectivity index (χ0) is 12.4. The first kappa shape index (κ1) is 11.8. The Morgan fingerprint density at radius 2 is 1.76 bits per heavy atom. The topological polar surface area (TPSA) is 55.8 Å². The first-order chi connectivity index (χ1) is 8.15. The summed E-state index contributed by atoms with van der Waals surface area (Å²) in [6.07, 6.45) is 1.66. The second-order valence-corrected chi connectivity index (χ2v) is 4.27. The van der Waals surface area contributed by atoms with E-state index in [2.05, 4.69) is 0 Å². The summed E-state index contributed by atoms with van der Waals surface area (Å²) in [6, 6.07) is 5.57. The van der Waals surface area contributed by atoms with Gasteiger partial charge in [0.05, 0.1) is 20.1 Å². The predicted molar refractivity (Wildman–Crippen MR) is 62.6 cm³/mol. The number of hydrogen-bond acceptors (Lipinski definition) is 3. The quantitative estimate of drug-likeness (QED) is 0.871. The summed E-state index contributed by atoms with van der Waals surface area (Å²) < 4.78 is 10.4. The Hall–Kier alpha value is -1.71. The second kappa shape index (κ2) is 4.65. The van der Waals surface area contributed by atoms with Crippen LogP contribution in [0.15, 0.2) is 18.2 Å². The monoisotopic (exact) mass is 236 g/mol. The van der Waals surface area contributed by atoms with Crippen molar-refractivity contribution < 1.29 is 19.4 Å². The van der Waals surface area contributed by atoms with E-state index in [4.69, 9.17) is 14.6 Å². The summed E-state index contributed by atoms with van der Waals surface area (Å²) in [5.74, 6) is 0.497. The van der Waals surface area contributed by atoms with Gasteiger partial charge in [0.15, 0.2) is 0 Å². The van der Waals surface area contributed by atoms with Crippen LogP contribution < -0.4 is 9.47 Å². The molecule has 1 saturated carbocycles. The SMILES string of the molecule is COc1cc(OC)cc(C2CCC2C(=O)O)c1. The standard InChI is InChI=1S/C13H16O4/c1-16-9-5-8(6-10(7-9)17-2)11-3-4-12(11)13(14)15/h5-7,11-12H,3-4H2,1-2H3,(H,14,15). The Morgan fingerprint density at radius 3 is 2.12 bits per heavy atom. The van der Waals surface area contributed by atoms with Crippen molar-refractivity contribution in [3.63, 3.8) is 0 Å². The molecule has 0 spiro atoms. The Balaban J connectivity index is 2.28. The van der Waals surface area contributed by atoms with Gasteiger partial charge in [0.1, 0.15) is 11.5 Å². The van der Waals surface area contributed by atoms with Crippen molar-refractivity contribution in [3.8, 4) is 11.5 Å². The van der Waals surface area contributed by atoms with E-state index in [1.165, 1.54) is 0 Å². The molecule has 0 bridgehead atoms. The van der Waals surface area contributed by atoms with Gasteiger partial charge in [0, 0.05) is 6.07 Å². The van der Waals surface area contributed by atoms with Crippen LogP contribution in [0.1, 0.15) is 24.3 Å². The molecular formula is C13H16O4. The number of carbonyl (C=O) groups is 1. The highest BCUT2D eigenvalue weighted by molar-refractivity contribution is 5.72. The van der Waals surface area contributed by atoms with E-state index in [9.17, 15) is 4.79 Å². The largest absolute Gasteiger partial charge is 0.497 e. The van der Waals surface area contributed by atoms with Gasteiger partial charge in [0.25, 0.3) is 0 Å². The predicted octanol–water partition coefficient (Wildman–Crippen LogP) is 2.28. The van der Waals surface area contributed by atoms with Gasteiger partial charge in [-0.1, -0.05) is 0 Å². The summed E-state index contributed by atoms with van der Waals surface area (Å²) in [6.45, 7) is 0. The first-order valence-corrected chi connectivity index (χ1v) is 5.61. The van der Waals surface area contributed by atoms with E-state index in [-0.39, 0.29) is 11.8 Å². The summed E-state index contributed by atoms with van der Waals surface area (Å²) in [5.41, 5.74) is 0.986. The maximum absolute atomic E-state index is 11.0. The van der Waals surface area contributed by atoms with Crippen molar-refractivity contribution >= 4 is 5.97 Å². The van der Waals surface area contributed by atoms with Gasteiger partial charge in [-0.3, -0.25) is 4.79 Å². The molecule has 4 heteroatoms. The van der Waals surface area contributed by atoms with E-state index in [1.54, 1.807) is 20.3 Å². The molecule has 0 aromatic heterocycles. The average Bonchev–Trinajstić information content (AvgIpc) is 2.26. The molecule has 2 atom stereocenters. The number of benzene rings is 1. The molecule has 1 aliphatic rings. The molecule has 0 radical (unpaired) electrons. The fourth-order valence-corrected chi connectivity index (χ4v) is 2.24. The van der Waals surface area contributed by atoms with Crippen LogP contribution in [0.3, 0.4) is 0 Å². The molecule has 2 rings (SSSR count). The molecule has 0 saturated heterocycles. The molecule has 0 aliphatic heterocycles. The Labute approximate surface area is 100 Å². The summed E-state index contributed by atoms with van der Waals surface area (Å²) >= 11 is 0. The van der Waals surface area contributed by atoms with E-state index in [0.717, 1.165) is 18.4 Å². The van der Waals surface area contributed by atoms with Gasteiger partial charge in [-0.15, -0.1) is 0 Å². The minimum absolute atomic E-state index is 0.0801. The fourth-order valence-electron chi connectivity index (χ4n) is 2.24. The third-order valence-electron chi connectivity index (χ3n) is 3.39.